The van der Waals surface area contributed by atoms with Crippen LogP contribution in [0.4, 0.5) is 5.69 Å². The highest BCUT2D eigenvalue weighted by molar-refractivity contribution is 9.10. The van der Waals surface area contributed by atoms with E-state index in [1.165, 1.54) is 17.4 Å². The first-order valence-corrected chi connectivity index (χ1v) is 9.02. The van der Waals surface area contributed by atoms with E-state index in [0.717, 1.165) is 14.9 Å². The number of anilines is 1. The van der Waals surface area contributed by atoms with Crippen molar-refractivity contribution in [2.45, 2.75) is 6.92 Å². The maximum Gasteiger partial charge on any atom is 0.272 e. The van der Waals surface area contributed by atoms with Crippen LogP contribution in [0.1, 0.15) is 10.4 Å². The Kier molecular flexibility index (Phi) is 4.83. The first-order valence-electron chi connectivity index (χ1n) is 5.86. The van der Waals surface area contributed by atoms with Gasteiger partial charge in [0.15, 0.2) is 4.91 Å². The quantitative estimate of drug-likeness (QED) is 0.808. The number of hydrogen-bond acceptors (Lipinski definition) is 4. The molecule has 0 aliphatic rings. The fraction of sp³-hybridized carbons (Fsp3) is 0.0714. The Bertz CT molecular complexity index is 815. The van der Waals surface area contributed by atoms with Crippen LogP contribution in [0.2, 0.25) is 0 Å². The largest absolute Gasteiger partial charge is 0.279 e. The van der Waals surface area contributed by atoms with Gasteiger partial charge in [-0.05, 0) is 54.3 Å². The molecule has 2 aromatic rings. The third-order valence-electron chi connectivity index (χ3n) is 2.66. The molecule has 0 unspecified atom stereocenters. The number of halogens is 1. The maximum atomic E-state index is 12.2. The van der Waals surface area contributed by atoms with Crippen molar-refractivity contribution in [3.8, 4) is 6.07 Å². The van der Waals surface area contributed by atoms with E-state index in [4.69, 9.17) is 5.26 Å². The van der Waals surface area contributed by atoms with E-state index in [2.05, 4.69) is 20.7 Å². The number of rotatable bonds is 4. The Morgan fingerprint density at radius 3 is 2.52 bits per heavy atom. The molecular formula is C14H11BrN2O2S2. The molecular weight excluding hydrogens is 372 g/mol. The van der Waals surface area contributed by atoms with Crippen LogP contribution in [-0.2, 0) is 10.0 Å². The normalized spacial score (nSPS) is 12.0. The van der Waals surface area contributed by atoms with Gasteiger partial charge in [-0.1, -0.05) is 15.9 Å². The summed E-state index contributed by atoms with van der Waals surface area (Å²) in [7, 11) is -3.89. The Labute approximate surface area is 135 Å². The van der Waals surface area contributed by atoms with Crippen LogP contribution in [-0.4, -0.2) is 8.42 Å². The first kappa shape index (κ1) is 15.8. The highest BCUT2D eigenvalue weighted by atomic mass is 79.9. The lowest BCUT2D eigenvalue weighted by molar-refractivity contribution is 0.608. The van der Waals surface area contributed by atoms with Gasteiger partial charge in [-0.15, -0.1) is 11.3 Å². The van der Waals surface area contributed by atoms with Crippen LogP contribution >= 0.6 is 27.3 Å². The molecule has 1 heterocycles. The van der Waals surface area contributed by atoms with E-state index in [9.17, 15) is 8.42 Å². The first-order chi connectivity index (χ1) is 9.92. The van der Waals surface area contributed by atoms with Crippen molar-refractivity contribution in [3.05, 3.63) is 55.5 Å². The van der Waals surface area contributed by atoms with Crippen molar-refractivity contribution in [1.29, 1.82) is 5.26 Å². The highest BCUT2D eigenvalue weighted by Gasteiger charge is 2.18. The molecule has 0 aliphatic heterocycles. The van der Waals surface area contributed by atoms with E-state index in [0.29, 0.717) is 5.69 Å². The molecule has 1 aromatic heterocycles. The third-order valence-corrected chi connectivity index (χ3v) is 5.45. The number of nitrogens with one attached hydrogen (secondary N) is 1. The zero-order chi connectivity index (χ0) is 15.5. The molecule has 21 heavy (non-hydrogen) atoms. The van der Waals surface area contributed by atoms with Crippen molar-refractivity contribution in [2.24, 2.45) is 0 Å². The predicted molar refractivity (Wildman–Crippen MR) is 89.3 cm³/mol. The molecule has 0 fully saturated rings. The van der Waals surface area contributed by atoms with Crippen LogP contribution in [0.3, 0.4) is 0 Å². The zero-order valence-corrected chi connectivity index (χ0v) is 14.2. The Morgan fingerprint density at radius 1 is 1.33 bits per heavy atom. The fourth-order valence-electron chi connectivity index (χ4n) is 1.55. The zero-order valence-electron chi connectivity index (χ0n) is 11.0. The number of nitriles is 1. The number of allylic oxidation sites excluding steroid dienone is 1. The Balaban J connectivity index is 2.33. The summed E-state index contributed by atoms with van der Waals surface area (Å²) < 4.78 is 27.7. The monoisotopic (exact) mass is 382 g/mol. The lowest BCUT2D eigenvalue weighted by atomic mass is 10.3. The smallest absolute Gasteiger partial charge is 0.272 e. The molecule has 1 aromatic carbocycles. The predicted octanol–water partition coefficient (Wildman–Crippen LogP) is 4.13. The summed E-state index contributed by atoms with van der Waals surface area (Å²) in [6.07, 6.45) is 1.39. The number of benzene rings is 1. The van der Waals surface area contributed by atoms with E-state index in [-0.39, 0.29) is 4.91 Å². The maximum absolute atomic E-state index is 12.2. The van der Waals surface area contributed by atoms with Gasteiger partial charge in [0.1, 0.15) is 6.07 Å². The SMILES string of the molecule is Cc1ccsc1/C=C(/C#N)S(=O)(=O)Nc1ccc(Br)cc1. The van der Waals surface area contributed by atoms with Crippen molar-refractivity contribution >= 4 is 49.1 Å². The van der Waals surface area contributed by atoms with Crippen molar-refractivity contribution in [2.75, 3.05) is 4.72 Å². The van der Waals surface area contributed by atoms with Crippen molar-refractivity contribution in [1.82, 2.24) is 0 Å². The molecule has 0 spiro atoms. The van der Waals surface area contributed by atoms with Gasteiger partial charge in [0, 0.05) is 15.0 Å². The lowest BCUT2D eigenvalue weighted by Gasteiger charge is -2.06. The minimum absolute atomic E-state index is 0.309. The summed E-state index contributed by atoms with van der Waals surface area (Å²) in [4.78, 5) is 0.448. The Morgan fingerprint density at radius 2 is 2.00 bits per heavy atom. The van der Waals surface area contributed by atoms with E-state index in [1.54, 1.807) is 30.3 Å². The standard InChI is InChI=1S/C14H11BrN2O2S2/c1-10-6-7-20-14(10)8-13(9-16)21(18,19)17-12-4-2-11(15)3-5-12/h2-8,17H,1H3/b13-8-. The van der Waals surface area contributed by atoms with Gasteiger partial charge in [0.05, 0.1) is 0 Å². The van der Waals surface area contributed by atoms with Crippen LogP contribution < -0.4 is 4.72 Å². The molecule has 0 saturated heterocycles. The fourth-order valence-corrected chi connectivity index (χ4v) is 3.70. The van der Waals surface area contributed by atoms with E-state index < -0.39 is 10.0 Å². The number of sulfonamides is 1. The molecule has 1 N–H and O–H groups in total. The van der Waals surface area contributed by atoms with E-state index >= 15 is 0 Å². The molecule has 0 atom stereocenters. The van der Waals surface area contributed by atoms with Crippen LogP contribution in [0.25, 0.3) is 6.08 Å². The van der Waals surface area contributed by atoms with Gasteiger partial charge in [-0.3, -0.25) is 4.72 Å². The lowest BCUT2D eigenvalue weighted by Crippen LogP contribution is -2.14. The molecule has 0 radical (unpaired) electrons. The topological polar surface area (TPSA) is 70.0 Å². The average Bonchev–Trinajstić information content (AvgIpc) is 2.83. The molecule has 0 aliphatic carbocycles. The van der Waals surface area contributed by atoms with Crippen LogP contribution in [0, 0.1) is 18.3 Å². The van der Waals surface area contributed by atoms with Crippen molar-refractivity contribution < 1.29 is 8.42 Å². The molecule has 7 heteroatoms. The summed E-state index contributed by atoms with van der Waals surface area (Å²) >= 11 is 4.67. The summed E-state index contributed by atoms with van der Waals surface area (Å²) in [5.41, 5.74) is 1.34. The second-order valence-electron chi connectivity index (χ2n) is 4.20. The molecule has 2 rings (SSSR count). The third kappa shape index (κ3) is 3.94. The van der Waals surface area contributed by atoms with Gasteiger partial charge < -0.3 is 0 Å². The number of thiophene rings is 1. The molecule has 0 saturated carbocycles. The molecule has 4 nitrogen and oxygen atoms in total. The summed E-state index contributed by atoms with van der Waals surface area (Å²) in [5, 5.41) is 11.0. The molecule has 0 amide bonds. The number of hydrogen-bond donors (Lipinski definition) is 1. The van der Waals surface area contributed by atoms with Crippen LogP contribution in [0.5, 0.6) is 0 Å². The minimum Gasteiger partial charge on any atom is -0.279 e. The minimum atomic E-state index is -3.89. The molecule has 108 valence electrons. The van der Waals surface area contributed by atoms with Gasteiger partial charge in [-0.25, -0.2) is 8.42 Å². The van der Waals surface area contributed by atoms with Crippen molar-refractivity contribution in [3.63, 3.8) is 0 Å². The Hall–Kier alpha value is -1.62. The van der Waals surface area contributed by atoms with Gasteiger partial charge in [0.2, 0.25) is 0 Å². The van der Waals surface area contributed by atoms with Gasteiger partial charge in [0.25, 0.3) is 10.0 Å². The van der Waals surface area contributed by atoms with Crippen LogP contribution in [0.15, 0.2) is 45.1 Å². The second-order valence-corrected chi connectivity index (χ2v) is 7.71. The summed E-state index contributed by atoms with van der Waals surface area (Å²) in [6, 6.07) is 10.3. The highest BCUT2D eigenvalue weighted by Crippen LogP contribution is 2.23. The van der Waals surface area contributed by atoms with Gasteiger partial charge >= 0.3 is 0 Å². The number of nitrogens with zero attached hydrogens (tertiary/aromatic N) is 1. The van der Waals surface area contributed by atoms with Gasteiger partial charge in [-0.2, -0.15) is 5.26 Å². The molecule has 0 bridgehead atoms. The van der Waals surface area contributed by atoms with E-state index in [1.807, 2.05) is 18.4 Å². The number of aryl methyl sites for hydroxylation is 1. The summed E-state index contributed by atoms with van der Waals surface area (Å²) in [6.45, 7) is 1.87. The summed E-state index contributed by atoms with van der Waals surface area (Å²) in [5.74, 6) is 0. The average molecular weight is 383 g/mol. The second kappa shape index (κ2) is 6.43.